The van der Waals surface area contributed by atoms with Crippen LogP contribution in [0.25, 0.3) is 0 Å². The Hall–Kier alpha value is -2.48. The summed E-state index contributed by atoms with van der Waals surface area (Å²) >= 11 is 0. The van der Waals surface area contributed by atoms with E-state index >= 15 is 8.78 Å². The molecule has 0 aromatic carbocycles. The van der Waals surface area contributed by atoms with Crippen molar-refractivity contribution in [1.29, 1.82) is 0 Å². The average molecular weight is 646 g/mol. The van der Waals surface area contributed by atoms with Crippen LogP contribution >= 0.6 is 0 Å². The summed E-state index contributed by atoms with van der Waals surface area (Å²) in [5, 5.41) is 13.0. The van der Waals surface area contributed by atoms with Crippen LogP contribution in [0.4, 0.5) is 13.6 Å². The molecule has 7 aliphatic rings. The molecule has 3 amide bonds. The molecule has 6 fully saturated rings. The number of fused-ring (bicyclic) bond motifs is 7. The molecule has 0 aromatic heterocycles. The van der Waals surface area contributed by atoms with E-state index in [1.807, 2.05) is 22.9 Å². The van der Waals surface area contributed by atoms with Crippen molar-refractivity contribution in [2.75, 3.05) is 19.6 Å². The maximum atomic E-state index is 16.8. The van der Waals surface area contributed by atoms with Crippen molar-refractivity contribution < 1.29 is 18.4 Å². The fourth-order valence-electron chi connectivity index (χ4n) is 10.2. The molecule has 7 rings (SSSR count). The predicted molar refractivity (Wildman–Crippen MR) is 171 cm³/mol. The minimum absolute atomic E-state index is 0.00180. The quantitative estimate of drug-likeness (QED) is 0.298. The van der Waals surface area contributed by atoms with Crippen LogP contribution in [0.2, 0.25) is 0 Å². The lowest BCUT2D eigenvalue weighted by Gasteiger charge is -2.60. The van der Waals surface area contributed by atoms with Crippen molar-refractivity contribution >= 4 is 11.9 Å². The molecule has 1 saturated carbocycles. The van der Waals surface area contributed by atoms with E-state index < -0.39 is 36.6 Å². The van der Waals surface area contributed by atoms with Crippen LogP contribution in [0.5, 0.6) is 0 Å². The number of piperidine rings is 2. The van der Waals surface area contributed by atoms with Gasteiger partial charge in [-0.3, -0.25) is 20.0 Å². The van der Waals surface area contributed by atoms with Gasteiger partial charge in [-0.1, -0.05) is 26.8 Å². The van der Waals surface area contributed by atoms with Gasteiger partial charge in [0.25, 0.3) is 0 Å². The molecule has 0 spiro atoms. The van der Waals surface area contributed by atoms with Crippen LogP contribution in [-0.4, -0.2) is 112 Å². The van der Waals surface area contributed by atoms with Gasteiger partial charge in [-0.2, -0.15) is 0 Å². The summed E-state index contributed by atoms with van der Waals surface area (Å²) in [4.78, 5) is 33.3. The fraction of sp³-hybridized carbons (Fsp3) is 0.818. The molecule has 5 N–H and O–H groups in total. The highest BCUT2D eigenvalue weighted by Crippen LogP contribution is 2.46. The number of allylic oxidation sites excluding steroid dienone is 1. The third-order valence-corrected chi connectivity index (χ3v) is 12.3. The Labute approximate surface area is 271 Å². The normalized spacial score (nSPS) is 44.6. The third kappa shape index (κ3) is 5.29. The molecule has 13 heteroatoms. The van der Waals surface area contributed by atoms with E-state index in [2.05, 4.69) is 64.2 Å². The third-order valence-electron chi connectivity index (χ3n) is 12.3. The van der Waals surface area contributed by atoms with Crippen LogP contribution in [-0.2, 0) is 4.79 Å². The number of urea groups is 1. The number of hydrogen-bond acceptors (Lipinski definition) is 8. The summed E-state index contributed by atoms with van der Waals surface area (Å²) in [6.07, 6.45) is 3.86. The SMILES string of the molecule is C=CC(=O)N1C[C@H](C)N(C2NC(=O)N3C4NC(C(F)CC42)C2C(F)CCCC2CC2=CNNN2C2CCNC(C(C)C)C23)C[C@H]1C. The Morgan fingerprint density at radius 1 is 1.09 bits per heavy atom. The van der Waals surface area contributed by atoms with Gasteiger partial charge in [-0.15, -0.1) is 5.53 Å². The average Bonchev–Trinajstić information content (AvgIpc) is 3.48. The van der Waals surface area contributed by atoms with Gasteiger partial charge in [-0.05, 0) is 70.4 Å². The topological polar surface area (TPSA) is 107 Å². The van der Waals surface area contributed by atoms with Crippen molar-refractivity contribution in [3.63, 3.8) is 0 Å². The standard InChI is InChI=1S/C33H53F2N9O2/c1-6-26(45)41-15-19(5)42(16-18(41)4)31-22-13-24(35)29-27-20(8-7-9-23(27)34)12-21-14-37-40-44(21)25-10-11-36-28(17(2)3)30(25)43(32(22)38-29)33(46)39-31/h6,14,17-20,22-25,27-32,36-38,40H,1,7-13,15-16H2,2-5H3,(H,39,46)/t18-,19+,20?,22?,23?,24?,25?,27?,28?,29?,30?,31?,32?/m1/s1. The van der Waals surface area contributed by atoms with Gasteiger partial charge in [-0.25, -0.2) is 13.6 Å². The predicted octanol–water partition coefficient (Wildman–Crippen LogP) is 2.17. The van der Waals surface area contributed by atoms with E-state index in [0.29, 0.717) is 25.9 Å². The molecule has 6 heterocycles. The molecular weight excluding hydrogens is 592 g/mol. The number of halogens is 2. The first-order chi connectivity index (χ1) is 22.1. The summed E-state index contributed by atoms with van der Waals surface area (Å²) in [6, 6.07) is -1.31. The highest BCUT2D eigenvalue weighted by molar-refractivity contribution is 5.87. The summed E-state index contributed by atoms with van der Waals surface area (Å²) in [5.74, 6) is -0.652. The second-order valence-electron chi connectivity index (χ2n) is 15.3. The molecule has 0 radical (unpaired) electrons. The zero-order valence-electron chi connectivity index (χ0n) is 27.7. The lowest BCUT2D eigenvalue weighted by atomic mass is 9.68. The first-order valence-electron chi connectivity index (χ1n) is 17.6. The molecule has 2 bridgehead atoms. The van der Waals surface area contributed by atoms with Crippen LogP contribution in [0.3, 0.4) is 0 Å². The van der Waals surface area contributed by atoms with E-state index in [4.69, 9.17) is 0 Å². The van der Waals surface area contributed by atoms with E-state index in [1.54, 1.807) is 0 Å². The molecule has 6 aliphatic heterocycles. The highest BCUT2D eigenvalue weighted by atomic mass is 19.1. The van der Waals surface area contributed by atoms with Gasteiger partial charge in [0, 0.05) is 61.0 Å². The number of hydrazine groups is 2. The fourth-order valence-corrected chi connectivity index (χ4v) is 10.2. The maximum Gasteiger partial charge on any atom is 0.320 e. The molecule has 5 saturated heterocycles. The van der Waals surface area contributed by atoms with Crippen molar-refractivity contribution in [3.05, 3.63) is 24.6 Å². The van der Waals surface area contributed by atoms with E-state index in [0.717, 1.165) is 31.5 Å². The Kier molecular flexibility index (Phi) is 8.73. The molecule has 1 aliphatic carbocycles. The van der Waals surface area contributed by atoms with Gasteiger partial charge in [0.1, 0.15) is 12.3 Å². The number of nitrogens with zero attached hydrogens (tertiary/aromatic N) is 4. The van der Waals surface area contributed by atoms with Crippen molar-refractivity contribution in [1.82, 2.24) is 46.6 Å². The van der Waals surface area contributed by atoms with Gasteiger partial charge >= 0.3 is 6.03 Å². The summed E-state index contributed by atoms with van der Waals surface area (Å²) in [6.45, 7) is 14.0. The number of amides is 3. The number of rotatable bonds is 3. The van der Waals surface area contributed by atoms with Gasteiger partial charge < -0.3 is 25.9 Å². The number of carbonyl (C=O) groups excluding carboxylic acids is 2. The number of alkyl halides is 2. The van der Waals surface area contributed by atoms with Crippen molar-refractivity contribution in [2.45, 2.75) is 127 Å². The van der Waals surface area contributed by atoms with Gasteiger partial charge in [0.05, 0.1) is 24.4 Å². The molecule has 256 valence electrons. The zero-order chi connectivity index (χ0) is 32.4. The molecule has 11 nitrogen and oxygen atoms in total. The Bertz CT molecular complexity index is 1220. The minimum atomic E-state index is -1.26. The minimum Gasteiger partial charge on any atom is -0.334 e. The summed E-state index contributed by atoms with van der Waals surface area (Å²) in [5.41, 5.74) is 7.64. The second-order valence-corrected chi connectivity index (χ2v) is 15.3. The largest absolute Gasteiger partial charge is 0.334 e. The van der Waals surface area contributed by atoms with Crippen LogP contribution in [0, 0.1) is 23.7 Å². The zero-order valence-corrected chi connectivity index (χ0v) is 27.7. The van der Waals surface area contributed by atoms with Gasteiger partial charge in [0.15, 0.2) is 0 Å². The number of piperazine rings is 1. The van der Waals surface area contributed by atoms with Gasteiger partial charge in [0.2, 0.25) is 5.91 Å². The van der Waals surface area contributed by atoms with E-state index in [-0.39, 0.29) is 66.3 Å². The number of hydrogen-bond donors (Lipinski definition) is 5. The second kappa shape index (κ2) is 12.5. The van der Waals surface area contributed by atoms with Crippen LogP contribution in [0.1, 0.15) is 66.2 Å². The number of nitrogens with one attached hydrogen (secondary N) is 5. The Morgan fingerprint density at radius 2 is 1.89 bits per heavy atom. The Balaban J connectivity index is 1.31. The lowest BCUT2D eigenvalue weighted by molar-refractivity contribution is -0.136. The molecule has 0 aromatic rings. The van der Waals surface area contributed by atoms with Crippen LogP contribution < -0.4 is 26.9 Å². The Morgan fingerprint density at radius 3 is 2.65 bits per heavy atom. The van der Waals surface area contributed by atoms with E-state index in [9.17, 15) is 9.59 Å². The lowest BCUT2D eigenvalue weighted by Crippen LogP contribution is -2.81. The molecule has 46 heavy (non-hydrogen) atoms. The monoisotopic (exact) mass is 645 g/mol. The number of carbonyl (C=O) groups is 2. The smallest absolute Gasteiger partial charge is 0.320 e. The van der Waals surface area contributed by atoms with Crippen molar-refractivity contribution in [2.24, 2.45) is 23.7 Å². The molecule has 11 unspecified atom stereocenters. The molecular formula is C33H53F2N9O2. The van der Waals surface area contributed by atoms with Crippen LogP contribution in [0.15, 0.2) is 24.6 Å². The van der Waals surface area contributed by atoms with Crippen molar-refractivity contribution in [3.8, 4) is 0 Å². The summed E-state index contributed by atoms with van der Waals surface area (Å²) in [7, 11) is 0. The maximum absolute atomic E-state index is 16.8. The van der Waals surface area contributed by atoms with E-state index in [1.165, 1.54) is 6.08 Å². The molecule has 13 atom stereocenters. The first-order valence-corrected chi connectivity index (χ1v) is 17.6. The first kappa shape index (κ1) is 32.1. The summed E-state index contributed by atoms with van der Waals surface area (Å²) < 4.78 is 32.8. The highest BCUT2D eigenvalue weighted by Gasteiger charge is 2.59.